The predicted octanol–water partition coefficient (Wildman–Crippen LogP) is 2.85. The second-order valence-electron chi connectivity index (χ2n) is 2.96. The van der Waals surface area contributed by atoms with Gasteiger partial charge >= 0.3 is 8.56 Å². The Morgan fingerprint density at radius 3 is 1.75 bits per heavy atom. The number of alkyl halides is 1. The molecular weight excluding hydrogens is 236 g/mol. The first-order valence-electron chi connectivity index (χ1n) is 4.52. The summed E-state index contributed by atoms with van der Waals surface area (Å²) in [4.78, 5) is 0.861. The first-order valence-corrected chi connectivity index (χ1v) is 8.17. The molecule has 0 N–H and O–H groups in total. The second kappa shape index (κ2) is 7.06. The van der Waals surface area contributed by atoms with Gasteiger partial charge in [0.2, 0.25) is 0 Å². The fourth-order valence-corrected chi connectivity index (χ4v) is 3.24. The predicted molar refractivity (Wildman–Crippen MR) is 57.9 cm³/mol. The summed E-state index contributed by atoms with van der Waals surface area (Å²) in [7, 11) is -1.85. The van der Waals surface area contributed by atoms with Crippen LogP contribution in [0, 0.1) is 0 Å². The molecule has 0 spiro atoms. The summed E-state index contributed by atoms with van der Waals surface area (Å²) in [6.07, 6.45) is 2.12. The zero-order valence-corrected chi connectivity index (χ0v) is 10.8. The molecule has 12 heavy (non-hydrogen) atoms. The third-order valence-electron chi connectivity index (χ3n) is 1.47. The van der Waals surface area contributed by atoms with Crippen LogP contribution in [0.4, 0.5) is 0 Å². The molecule has 0 radical (unpaired) electrons. The lowest BCUT2D eigenvalue weighted by atomic mass is 10.5. The van der Waals surface area contributed by atoms with Gasteiger partial charge in [-0.15, -0.1) is 0 Å². The lowest BCUT2D eigenvalue weighted by Crippen LogP contribution is -2.41. The molecule has 0 atom stereocenters. The number of halogens is 1. The molecule has 0 aliphatic carbocycles. The van der Waals surface area contributed by atoms with E-state index in [9.17, 15) is 0 Å². The van der Waals surface area contributed by atoms with Crippen molar-refractivity contribution in [1.29, 1.82) is 0 Å². The van der Waals surface area contributed by atoms with Gasteiger partial charge in [0, 0.05) is 18.2 Å². The lowest BCUT2D eigenvalue weighted by molar-refractivity contribution is 0.179. The van der Waals surface area contributed by atoms with Crippen LogP contribution in [0.15, 0.2) is 0 Å². The molecule has 0 aromatic rings. The summed E-state index contributed by atoms with van der Waals surface area (Å²) >= 11 is 3.44. The van der Waals surface area contributed by atoms with Gasteiger partial charge in [0.05, 0.1) is 0 Å². The maximum atomic E-state index is 5.70. The van der Waals surface area contributed by atoms with Crippen LogP contribution in [-0.4, -0.2) is 26.7 Å². The van der Waals surface area contributed by atoms with Gasteiger partial charge in [0.1, 0.15) is 0 Å². The second-order valence-corrected chi connectivity index (χ2v) is 7.76. The molecule has 0 saturated heterocycles. The largest absolute Gasteiger partial charge is 0.394 e. The van der Waals surface area contributed by atoms with Crippen LogP contribution in [0.3, 0.4) is 0 Å². The normalized spacial score (nSPS) is 12.0. The van der Waals surface area contributed by atoms with Crippen LogP contribution < -0.4 is 0 Å². The molecule has 0 unspecified atom stereocenters. The van der Waals surface area contributed by atoms with Crippen molar-refractivity contribution in [3.05, 3.63) is 0 Å². The van der Waals surface area contributed by atoms with Gasteiger partial charge in [-0.05, 0) is 19.4 Å². The maximum Gasteiger partial charge on any atom is 0.345 e. The van der Waals surface area contributed by atoms with Crippen molar-refractivity contribution in [2.75, 3.05) is 18.2 Å². The Morgan fingerprint density at radius 2 is 1.50 bits per heavy atom. The Balaban J connectivity index is 3.70. The van der Waals surface area contributed by atoms with Crippen LogP contribution in [0.2, 0.25) is 6.55 Å². The van der Waals surface area contributed by atoms with Crippen molar-refractivity contribution in [2.45, 2.75) is 33.2 Å². The van der Waals surface area contributed by atoms with Crippen LogP contribution in [0.1, 0.15) is 26.7 Å². The average molecular weight is 255 g/mol. The molecule has 0 amide bonds. The summed E-state index contributed by atoms with van der Waals surface area (Å²) < 4.78 is 11.4. The summed E-state index contributed by atoms with van der Waals surface area (Å²) in [6, 6.07) is 0. The quantitative estimate of drug-likeness (QED) is 0.514. The highest BCUT2D eigenvalue weighted by Gasteiger charge is 2.29. The molecule has 0 aromatic carbocycles. The first-order chi connectivity index (χ1) is 5.68. The van der Waals surface area contributed by atoms with Gasteiger partial charge < -0.3 is 8.85 Å². The van der Waals surface area contributed by atoms with Crippen molar-refractivity contribution >= 4 is 24.5 Å². The molecule has 2 nitrogen and oxygen atoms in total. The third-order valence-corrected chi connectivity index (χ3v) is 6.64. The smallest absolute Gasteiger partial charge is 0.345 e. The number of hydrogen-bond donors (Lipinski definition) is 0. The molecule has 0 bridgehead atoms. The van der Waals surface area contributed by atoms with E-state index in [1.807, 2.05) is 0 Å². The molecule has 0 aliphatic heterocycles. The number of hydrogen-bond acceptors (Lipinski definition) is 2. The van der Waals surface area contributed by atoms with Crippen LogP contribution in [0.5, 0.6) is 0 Å². The summed E-state index contributed by atoms with van der Waals surface area (Å²) in [5.41, 5.74) is 0. The van der Waals surface area contributed by atoms with Crippen molar-refractivity contribution in [3.8, 4) is 0 Å². The molecule has 0 heterocycles. The topological polar surface area (TPSA) is 18.5 Å². The Morgan fingerprint density at radius 1 is 1.08 bits per heavy atom. The fraction of sp³-hybridized carbons (Fsp3) is 1.00. The maximum absolute atomic E-state index is 5.70. The molecule has 0 fully saturated rings. The van der Waals surface area contributed by atoms with E-state index in [2.05, 4.69) is 36.3 Å². The van der Waals surface area contributed by atoms with Gasteiger partial charge in [0.25, 0.3) is 0 Å². The minimum absolute atomic E-state index is 0.817. The zero-order valence-electron chi connectivity index (χ0n) is 8.23. The highest BCUT2D eigenvalue weighted by molar-refractivity contribution is 9.09. The summed E-state index contributed by atoms with van der Waals surface area (Å²) in [5.74, 6) is 0. The van der Waals surface area contributed by atoms with Crippen LogP contribution in [0.25, 0.3) is 0 Å². The Kier molecular flexibility index (Phi) is 7.43. The van der Waals surface area contributed by atoms with Crippen LogP contribution in [-0.2, 0) is 8.85 Å². The monoisotopic (exact) mass is 254 g/mol. The van der Waals surface area contributed by atoms with E-state index in [1.54, 1.807) is 0 Å². The SMILES string of the molecule is CCCO[Si](C)(CBr)OCCC. The minimum Gasteiger partial charge on any atom is -0.394 e. The van der Waals surface area contributed by atoms with E-state index in [4.69, 9.17) is 8.85 Å². The zero-order chi connectivity index (χ0) is 9.45. The molecule has 0 saturated carbocycles. The van der Waals surface area contributed by atoms with E-state index in [1.165, 1.54) is 0 Å². The molecule has 4 heteroatoms. The van der Waals surface area contributed by atoms with Gasteiger partial charge in [0.15, 0.2) is 0 Å². The van der Waals surface area contributed by atoms with Crippen molar-refractivity contribution in [2.24, 2.45) is 0 Å². The summed E-state index contributed by atoms with van der Waals surface area (Å²) in [5, 5.41) is 0. The molecular formula is C8H19BrO2Si. The summed E-state index contributed by atoms with van der Waals surface area (Å²) in [6.45, 7) is 7.97. The molecule has 0 aromatic heterocycles. The fourth-order valence-electron chi connectivity index (χ4n) is 0.755. The Hall–Kier alpha value is 0.617. The number of rotatable bonds is 7. The van der Waals surface area contributed by atoms with Crippen molar-refractivity contribution in [1.82, 2.24) is 0 Å². The van der Waals surface area contributed by atoms with Gasteiger partial charge in [-0.25, -0.2) is 0 Å². The van der Waals surface area contributed by atoms with Gasteiger partial charge in [-0.1, -0.05) is 29.8 Å². The lowest BCUT2D eigenvalue weighted by Gasteiger charge is -2.24. The Bertz CT molecular complexity index is 103. The van der Waals surface area contributed by atoms with E-state index in [-0.39, 0.29) is 0 Å². The Labute approximate surface area is 85.0 Å². The average Bonchev–Trinajstić information content (AvgIpc) is 2.11. The third kappa shape index (κ3) is 5.30. The van der Waals surface area contributed by atoms with E-state index < -0.39 is 8.56 Å². The molecule has 0 aliphatic rings. The van der Waals surface area contributed by atoms with Gasteiger partial charge in [-0.2, -0.15) is 0 Å². The van der Waals surface area contributed by atoms with E-state index >= 15 is 0 Å². The van der Waals surface area contributed by atoms with Crippen molar-refractivity contribution < 1.29 is 8.85 Å². The van der Waals surface area contributed by atoms with E-state index in [0.29, 0.717) is 0 Å². The van der Waals surface area contributed by atoms with Crippen LogP contribution >= 0.6 is 15.9 Å². The highest BCUT2D eigenvalue weighted by Crippen LogP contribution is 2.11. The highest BCUT2D eigenvalue weighted by atomic mass is 79.9. The molecule has 74 valence electrons. The van der Waals surface area contributed by atoms with E-state index in [0.717, 1.165) is 31.0 Å². The minimum atomic E-state index is -1.85. The molecule has 0 rings (SSSR count). The van der Waals surface area contributed by atoms with Crippen molar-refractivity contribution in [3.63, 3.8) is 0 Å². The van der Waals surface area contributed by atoms with Gasteiger partial charge in [-0.3, -0.25) is 0 Å². The standard InChI is InChI=1S/C8H19BrO2Si/c1-4-6-10-12(3,8-9)11-7-5-2/h4-8H2,1-3H3. The first kappa shape index (κ1) is 12.6.